The molecule has 0 aromatic heterocycles. The van der Waals surface area contributed by atoms with Crippen molar-refractivity contribution in [3.05, 3.63) is 52.5 Å². The number of hydrogen-bond acceptors (Lipinski definition) is 4. The summed E-state index contributed by atoms with van der Waals surface area (Å²) < 4.78 is 24.2. The van der Waals surface area contributed by atoms with Crippen LogP contribution in [-0.4, -0.2) is 22.7 Å². The standard InChI is InChI=1S/C20H22BrNO4S/c1-20(2)16-12-14(13-17(21)18(16)22-19(23)26-20)25-10-6-7-11-27(24)15-8-4-3-5-9-15/h3-5,8-9,12-13H,6-7,10-11H2,1-2H3,(H,22,23). The molecule has 144 valence electrons. The van der Waals surface area contributed by atoms with E-state index in [0.717, 1.165) is 27.8 Å². The topological polar surface area (TPSA) is 64.6 Å². The Hall–Kier alpha value is -1.86. The highest BCUT2D eigenvalue weighted by atomic mass is 79.9. The van der Waals surface area contributed by atoms with E-state index in [1.165, 1.54) is 0 Å². The van der Waals surface area contributed by atoms with E-state index in [1.54, 1.807) is 0 Å². The molecular weight excluding hydrogens is 430 g/mol. The van der Waals surface area contributed by atoms with Gasteiger partial charge >= 0.3 is 6.09 Å². The molecule has 2 aromatic rings. The number of fused-ring (bicyclic) bond motifs is 1. The second-order valence-electron chi connectivity index (χ2n) is 6.77. The van der Waals surface area contributed by atoms with Gasteiger partial charge in [-0.25, -0.2) is 4.79 Å². The van der Waals surface area contributed by atoms with Crippen molar-refractivity contribution in [2.75, 3.05) is 17.7 Å². The van der Waals surface area contributed by atoms with Crippen molar-refractivity contribution in [3.8, 4) is 5.75 Å². The van der Waals surface area contributed by atoms with Crippen molar-refractivity contribution in [3.63, 3.8) is 0 Å². The molecule has 0 aliphatic carbocycles. The second kappa shape index (κ2) is 8.44. The van der Waals surface area contributed by atoms with Crippen molar-refractivity contribution in [1.29, 1.82) is 0 Å². The second-order valence-corrected chi connectivity index (χ2v) is 9.20. The average Bonchev–Trinajstić information content (AvgIpc) is 2.62. The van der Waals surface area contributed by atoms with Gasteiger partial charge in [0.2, 0.25) is 0 Å². The van der Waals surface area contributed by atoms with Crippen LogP contribution in [0.2, 0.25) is 0 Å². The largest absolute Gasteiger partial charge is 0.494 e. The molecule has 0 spiro atoms. The number of amides is 1. The Morgan fingerprint density at radius 1 is 1.19 bits per heavy atom. The summed E-state index contributed by atoms with van der Waals surface area (Å²) in [5, 5.41) is 2.72. The van der Waals surface area contributed by atoms with Crippen molar-refractivity contribution in [1.82, 2.24) is 0 Å². The molecule has 1 aliphatic rings. The number of halogens is 1. The third kappa shape index (κ3) is 4.90. The van der Waals surface area contributed by atoms with Gasteiger partial charge in [-0.3, -0.25) is 9.53 Å². The van der Waals surface area contributed by atoms with Gasteiger partial charge in [0.05, 0.1) is 23.1 Å². The fourth-order valence-corrected chi connectivity index (χ4v) is 4.60. The minimum atomic E-state index is -0.970. The lowest BCUT2D eigenvalue weighted by molar-refractivity contribution is 0.0417. The quantitative estimate of drug-likeness (QED) is 0.586. The van der Waals surface area contributed by atoms with Gasteiger partial charge in [0.25, 0.3) is 0 Å². The molecule has 1 N–H and O–H groups in total. The fourth-order valence-electron chi connectivity index (χ4n) is 2.90. The smallest absolute Gasteiger partial charge is 0.412 e. The van der Waals surface area contributed by atoms with Crippen LogP contribution in [-0.2, 0) is 21.1 Å². The van der Waals surface area contributed by atoms with Gasteiger partial charge < -0.3 is 9.47 Å². The Kier molecular flexibility index (Phi) is 6.22. The molecule has 5 nitrogen and oxygen atoms in total. The first-order valence-electron chi connectivity index (χ1n) is 8.77. The Morgan fingerprint density at radius 3 is 2.67 bits per heavy atom. The number of carbonyl (C=O) groups is 1. The predicted molar refractivity (Wildman–Crippen MR) is 110 cm³/mol. The van der Waals surface area contributed by atoms with Gasteiger partial charge in [0, 0.05) is 20.7 Å². The molecule has 0 saturated carbocycles. The molecular formula is C20H22BrNO4S. The van der Waals surface area contributed by atoms with Crippen molar-refractivity contribution in [2.24, 2.45) is 0 Å². The van der Waals surface area contributed by atoms with Gasteiger partial charge in [-0.15, -0.1) is 0 Å². The highest BCUT2D eigenvalue weighted by Crippen LogP contribution is 2.42. The number of nitrogens with one attached hydrogen (secondary N) is 1. The number of rotatable bonds is 7. The van der Waals surface area contributed by atoms with E-state index in [-0.39, 0.29) is 0 Å². The molecule has 1 heterocycles. The highest BCUT2D eigenvalue weighted by molar-refractivity contribution is 9.10. The van der Waals surface area contributed by atoms with E-state index in [9.17, 15) is 9.00 Å². The maximum Gasteiger partial charge on any atom is 0.412 e. The van der Waals surface area contributed by atoms with E-state index < -0.39 is 22.5 Å². The summed E-state index contributed by atoms with van der Waals surface area (Å²) in [7, 11) is -0.970. The predicted octanol–water partition coefficient (Wildman–Crippen LogP) is 5.21. The lowest BCUT2D eigenvalue weighted by Crippen LogP contribution is -2.35. The Labute approximate surface area is 170 Å². The number of ether oxygens (including phenoxy) is 2. The number of benzene rings is 2. The summed E-state index contributed by atoms with van der Waals surface area (Å²) in [6, 6.07) is 13.2. The molecule has 0 radical (unpaired) electrons. The molecule has 1 atom stereocenters. The van der Waals surface area contributed by atoms with Gasteiger partial charge in [0.15, 0.2) is 0 Å². The zero-order valence-electron chi connectivity index (χ0n) is 15.3. The van der Waals surface area contributed by atoms with Crippen LogP contribution >= 0.6 is 15.9 Å². The van der Waals surface area contributed by atoms with E-state index in [0.29, 0.717) is 23.8 Å². The number of carbonyl (C=O) groups excluding carboxylic acids is 1. The van der Waals surface area contributed by atoms with Crippen molar-refractivity contribution < 1.29 is 18.5 Å². The van der Waals surface area contributed by atoms with Crippen LogP contribution in [0.5, 0.6) is 5.75 Å². The van der Waals surface area contributed by atoms with Gasteiger partial charge in [0.1, 0.15) is 11.4 Å². The SMILES string of the molecule is CC1(C)OC(=O)Nc2c(Br)cc(OCCCCS(=O)c3ccccc3)cc21. The average molecular weight is 452 g/mol. The van der Waals surface area contributed by atoms with E-state index >= 15 is 0 Å². The number of hydrogen-bond donors (Lipinski definition) is 1. The summed E-state index contributed by atoms with van der Waals surface area (Å²) in [5.41, 5.74) is 0.838. The van der Waals surface area contributed by atoms with Crippen LogP contribution < -0.4 is 10.1 Å². The number of cyclic esters (lactones) is 1. The van der Waals surface area contributed by atoms with Crippen LogP contribution in [0.4, 0.5) is 10.5 Å². The monoisotopic (exact) mass is 451 g/mol. The summed E-state index contributed by atoms with van der Waals surface area (Å²) in [5.74, 6) is 1.33. The van der Waals surface area contributed by atoms with E-state index in [1.807, 2.05) is 56.3 Å². The molecule has 1 unspecified atom stereocenters. The Bertz CT molecular complexity index is 855. The number of anilines is 1. The third-order valence-electron chi connectivity index (χ3n) is 4.29. The molecule has 1 aliphatic heterocycles. The number of unbranched alkanes of at least 4 members (excludes halogenated alkanes) is 1. The third-order valence-corrected chi connectivity index (χ3v) is 6.37. The first-order chi connectivity index (χ1) is 12.9. The van der Waals surface area contributed by atoms with Crippen LogP contribution in [0.15, 0.2) is 51.8 Å². The lowest BCUT2D eigenvalue weighted by Gasteiger charge is -2.33. The zero-order valence-corrected chi connectivity index (χ0v) is 17.7. The van der Waals surface area contributed by atoms with Gasteiger partial charge in [-0.1, -0.05) is 18.2 Å². The van der Waals surface area contributed by atoms with Gasteiger partial charge in [-0.05, 0) is 66.9 Å². The van der Waals surface area contributed by atoms with E-state index in [4.69, 9.17) is 9.47 Å². The molecule has 3 rings (SSSR count). The molecule has 2 aromatic carbocycles. The van der Waals surface area contributed by atoms with Crippen LogP contribution in [0.1, 0.15) is 32.3 Å². The summed E-state index contributed by atoms with van der Waals surface area (Å²) in [6.07, 6.45) is 1.16. The van der Waals surface area contributed by atoms with Crippen LogP contribution in [0.3, 0.4) is 0 Å². The summed E-state index contributed by atoms with van der Waals surface area (Å²) in [6.45, 7) is 4.23. The minimum absolute atomic E-state index is 0.465. The Morgan fingerprint density at radius 2 is 1.93 bits per heavy atom. The highest BCUT2D eigenvalue weighted by Gasteiger charge is 2.35. The first kappa shape index (κ1) is 19.9. The van der Waals surface area contributed by atoms with Crippen LogP contribution in [0.25, 0.3) is 0 Å². The maximum absolute atomic E-state index is 12.2. The molecule has 7 heteroatoms. The lowest BCUT2D eigenvalue weighted by atomic mass is 9.94. The molecule has 0 saturated heterocycles. The molecule has 1 amide bonds. The van der Waals surface area contributed by atoms with E-state index in [2.05, 4.69) is 21.2 Å². The molecule has 0 bridgehead atoms. The normalized spacial score (nSPS) is 16.0. The summed E-state index contributed by atoms with van der Waals surface area (Å²) in [4.78, 5) is 12.5. The summed E-state index contributed by atoms with van der Waals surface area (Å²) >= 11 is 3.49. The fraction of sp³-hybridized carbons (Fsp3) is 0.350. The Balaban J connectivity index is 1.54. The van der Waals surface area contributed by atoms with Crippen molar-refractivity contribution >= 4 is 38.5 Å². The zero-order chi connectivity index (χ0) is 19.4. The molecule has 0 fully saturated rings. The first-order valence-corrected chi connectivity index (χ1v) is 10.9. The minimum Gasteiger partial charge on any atom is -0.494 e. The van der Waals surface area contributed by atoms with Crippen molar-refractivity contribution in [2.45, 2.75) is 37.2 Å². The van der Waals surface area contributed by atoms with Crippen LogP contribution in [0, 0.1) is 0 Å². The van der Waals surface area contributed by atoms with Gasteiger partial charge in [-0.2, -0.15) is 0 Å². The maximum atomic E-state index is 12.2. The molecule has 27 heavy (non-hydrogen) atoms.